The summed E-state index contributed by atoms with van der Waals surface area (Å²) in [7, 11) is 0. The first-order valence-electron chi connectivity index (χ1n) is 6.69. The van der Waals surface area contributed by atoms with Crippen LogP contribution >= 0.6 is 0 Å². The molecule has 7 nitrogen and oxygen atoms in total. The van der Waals surface area contributed by atoms with Crippen LogP contribution in [0.5, 0.6) is 0 Å². The molecule has 0 N–H and O–H groups in total. The van der Waals surface area contributed by atoms with E-state index in [1.807, 2.05) is 23.8 Å². The van der Waals surface area contributed by atoms with Crippen LogP contribution in [0.4, 0.5) is 5.69 Å². The number of nitro benzene ring substituents is 1. The molecule has 0 bridgehead atoms. The second-order valence-corrected chi connectivity index (χ2v) is 4.78. The molecule has 0 atom stereocenters. The molecule has 0 aliphatic carbocycles. The number of hydrogen-bond acceptors (Lipinski definition) is 5. The second-order valence-electron chi connectivity index (χ2n) is 4.78. The van der Waals surface area contributed by atoms with Gasteiger partial charge in [-0.15, -0.1) is 0 Å². The SMILES string of the molecule is Cc1nccc(-n2ccnc2Cc2cccc([N+](=O)[O-])c2)n1. The van der Waals surface area contributed by atoms with Crippen molar-refractivity contribution in [3.63, 3.8) is 0 Å². The summed E-state index contributed by atoms with van der Waals surface area (Å²) in [5, 5.41) is 10.8. The third-order valence-electron chi connectivity index (χ3n) is 3.21. The first kappa shape index (κ1) is 13.9. The van der Waals surface area contributed by atoms with Crippen molar-refractivity contribution in [2.45, 2.75) is 13.3 Å². The summed E-state index contributed by atoms with van der Waals surface area (Å²) < 4.78 is 1.85. The van der Waals surface area contributed by atoms with Crippen LogP contribution in [-0.4, -0.2) is 24.4 Å². The van der Waals surface area contributed by atoms with E-state index in [0.29, 0.717) is 12.2 Å². The molecule has 0 amide bonds. The quantitative estimate of drug-likeness (QED) is 0.545. The summed E-state index contributed by atoms with van der Waals surface area (Å²) in [5.41, 5.74) is 0.904. The normalized spacial score (nSPS) is 10.6. The third-order valence-corrected chi connectivity index (χ3v) is 3.21. The molecule has 1 aromatic carbocycles. The Morgan fingerprint density at radius 3 is 2.86 bits per heavy atom. The van der Waals surface area contributed by atoms with E-state index in [1.165, 1.54) is 6.07 Å². The fraction of sp³-hybridized carbons (Fsp3) is 0.133. The number of aryl methyl sites for hydroxylation is 1. The average Bonchev–Trinajstić information content (AvgIpc) is 2.95. The largest absolute Gasteiger partial charge is 0.288 e. The minimum absolute atomic E-state index is 0.0773. The number of hydrogen-bond donors (Lipinski definition) is 0. The van der Waals surface area contributed by atoms with Crippen molar-refractivity contribution in [3.8, 4) is 5.82 Å². The maximum absolute atomic E-state index is 10.8. The molecule has 3 rings (SSSR count). The lowest BCUT2D eigenvalue weighted by atomic mass is 10.1. The van der Waals surface area contributed by atoms with Crippen molar-refractivity contribution in [1.29, 1.82) is 0 Å². The summed E-state index contributed by atoms with van der Waals surface area (Å²) in [6.07, 6.45) is 5.67. The van der Waals surface area contributed by atoms with Crippen LogP contribution in [0.15, 0.2) is 48.9 Å². The highest BCUT2D eigenvalue weighted by atomic mass is 16.6. The lowest BCUT2D eigenvalue weighted by molar-refractivity contribution is -0.384. The molecule has 0 aliphatic heterocycles. The van der Waals surface area contributed by atoms with Crippen molar-refractivity contribution in [3.05, 3.63) is 76.2 Å². The summed E-state index contributed by atoms with van der Waals surface area (Å²) in [4.78, 5) is 23.2. The molecule has 0 radical (unpaired) electrons. The Kier molecular flexibility index (Phi) is 3.61. The first-order chi connectivity index (χ1) is 10.6. The van der Waals surface area contributed by atoms with Gasteiger partial charge in [-0.25, -0.2) is 15.0 Å². The van der Waals surface area contributed by atoms with Gasteiger partial charge in [0.2, 0.25) is 0 Å². The number of nitro groups is 1. The highest BCUT2D eigenvalue weighted by molar-refractivity contribution is 5.36. The summed E-state index contributed by atoms with van der Waals surface area (Å²) >= 11 is 0. The van der Waals surface area contributed by atoms with Crippen LogP contribution in [0.25, 0.3) is 5.82 Å². The maximum Gasteiger partial charge on any atom is 0.269 e. The van der Waals surface area contributed by atoms with E-state index in [4.69, 9.17) is 0 Å². The Hall–Kier alpha value is -3.09. The van der Waals surface area contributed by atoms with Gasteiger partial charge in [0.15, 0.2) is 0 Å². The van der Waals surface area contributed by atoms with Gasteiger partial charge in [0.05, 0.1) is 4.92 Å². The van der Waals surface area contributed by atoms with Gasteiger partial charge in [-0.1, -0.05) is 12.1 Å². The van der Waals surface area contributed by atoms with Gasteiger partial charge < -0.3 is 0 Å². The molecule has 0 unspecified atom stereocenters. The van der Waals surface area contributed by atoms with Crippen molar-refractivity contribution in [2.75, 3.05) is 0 Å². The van der Waals surface area contributed by atoms with Gasteiger partial charge in [0.25, 0.3) is 5.69 Å². The van der Waals surface area contributed by atoms with E-state index in [1.54, 1.807) is 30.6 Å². The summed E-state index contributed by atoms with van der Waals surface area (Å²) in [6, 6.07) is 8.35. The zero-order valence-corrected chi connectivity index (χ0v) is 11.9. The number of rotatable bonds is 4. The minimum atomic E-state index is -0.399. The third kappa shape index (κ3) is 2.83. The number of benzene rings is 1. The minimum Gasteiger partial charge on any atom is -0.288 e. The Labute approximate surface area is 126 Å². The van der Waals surface area contributed by atoms with Gasteiger partial charge in [-0.3, -0.25) is 14.7 Å². The molecule has 0 saturated heterocycles. The zero-order chi connectivity index (χ0) is 15.5. The van der Waals surface area contributed by atoms with E-state index in [2.05, 4.69) is 15.0 Å². The summed E-state index contributed by atoms with van der Waals surface area (Å²) in [5.74, 6) is 2.16. The van der Waals surface area contributed by atoms with Crippen molar-refractivity contribution < 1.29 is 4.92 Å². The Balaban J connectivity index is 1.93. The molecular weight excluding hydrogens is 282 g/mol. The van der Waals surface area contributed by atoms with Gasteiger partial charge in [0, 0.05) is 37.1 Å². The zero-order valence-electron chi connectivity index (χ0n) is 11.9. The molecule has 2 heterocycles. The molecule has 0 fully saturated rings. The molecule has 0 spiro atoms. The van der Waals surface area contributed by atoms with Crippen molar-refractivity contribution in [1.82, 2.24) is 19.5 Å². The number of non-ortho nitro benzene ring substituents is 1. The molecule has 22 heavy (non-hydrogen) atoms. The van der Waals surface area contributed by atoms with E-state index in [0.717, 1.165) is 17.2 Å². The average molecular weight is 295 g/mol. The number of imidazole rings is 1. The molecule has 3 aromatic rings. The first-order valence-corrected chi connectivity index (χ1v) is 6.69. The second kappa shape index (κ2) is 5.72. The molecule has 0 aliphatic rings. The predicted octanol–water partition coefficient (Wildman–Crippen LogP) is 2.47. The molecule has 2 aromatic heterocycles. The summed E-state index contributed by atoms with van der Waals surface area (Å²) in [6.45, 7) is 1.82. The molecular formula is C15H13N5O2. The highest BCUT2D eigenvalue weighted by Gasteiger charge is 2.10. The van der Waals surface area contributed by atoms with E-state index in [-0.39, 0.29) is 5.69 Å². The highest BCUT2D eigenvalue weighted by Crippen LogP contribution is 2.17. The monoisotopic (exact) mass is 295 g/mol. The number of aromatic nitrogens is 4. The van der Waals surface area contributed by atoms with Crippen molar-refractivity contribution >= 4 is 5.69 Å². The Morgan fingerprint density at radius 2 is 2.09 bits per heavy atom. The molecule has 7 heteroatoms. The fourth-order valence-corrected chi connectivity index (χ4v) is 2.21. The van der Waals surface area contributed by atoms with Crippen LogP contribution in [0, 0.1) is 17.0 Å². The predicted molar refractivity (Wildman–Crippen MR) is 79.8 cm³/mol. The Morgan fingerprint density at radius 1 is 1.23 bits per heavy atom. The van der Waals surface area contributed by atoms with Crippen molar-refractivity contribution in [2.24, 2.45) is 0 Å². The maximum atomic E-state index is 10.8. The van der Waals surface area contributed by atoms with Crippen LogP contribution in [0.2, 0.25) is 0 Å². The number of nitrogens with zero attached hydrogens (tertiary/aromatic N) is 5. The van der Waals surface area contributed by atoms with Crippen LogP contribution in [0.3, 0.4) is 0 Å². The van der Waals surface area contributed by atoms with Gasteiger partial charge in [-0.2, -0.15) is 0 Å². The van der Waals surface area contributed by atoms with E-state index in [9.17, 15) is 10.1 Å². The lowest BCUT2D eigenvalue weighted by Gasteiger charge is -2.07. The molecule has 110 valence electrons. The Bertz CT molecular complexity index is 828. The van der Waals surface area contributed by atoms with Crippen LogP contribution < -0.4 is 0 Å². The lowest BCUT2D eigenvalue weighted by Crippen LogP contribution is -2.05. The van der Waals surface area contributed by atoms with E-state index >= 15 is 0 Å². The van der Waals surface area contributed by atoms with Crippen LogP contribution in [0.1, 0.15) is 17.2 Å². The topological polar surface area (TPSA) is 86.7 Å². The molecule has 0 saturated carbocycles. The van der Waals surface area contributed by atoms with Gasteiger partial charge in [-0.05, 0) is 18.6 Å². The standard InChI is InChI=1S/C15H13N5O2/c1-11-16-6-5-14(18-11)19-8-7-17-15(19)10-12-3-2-4-13(9-12)20(21)22/h2-9H,10H2,1H3. The van der Waals surface area contributed by atoms with Gasteiger partial charge >= 0.3 is 0 Å². The smallest absolute Gasteiger partial charge is 0.269 e. The van der Waals surface area contributed by atoms with E-state index < -0.39 is 4.92 Å². The van der Waals surface area contributed by atoms with Gasteiger partial charge in [0.1, 0.15) is 17.5 Å². The fourth-order valence-electron chi connectivity index (χ4n) is 2.21. The van der Waals surface area contributed by atoms with Crippen LogP contribution in [-0.2, 0) is 6.42 Å².